The Morgan fingerprint density at radius 1 is 1.53 bits per heavy atom. The van der Waals surface area contributed by atoms with E-state index in [4.69, 9.17) is 0 Å². The Balaban J connectivity index is 1.92. The van der Waals surface area contributed by atoms with Gasteiger partial charge >= 0.3 is 0 Å². The molecule has 1 unspecified atom stereocenters. The van der Waals surface area contributed by atoms with Crippen LogP contribution < -0.4 is 4.72 Å². The highest BCUT2D eigenvalue weighted by atomic mass is 32.2. The van der Waals surface area contributed by atoms with Gasteiger partial charge < -0.3 is 4.90 Å². The summed E-state index contributed by atoms with van der Waals surface area (Å²) < 4.78 is 25.9. The van der Waals surface area contributed by atoms with Gasteiger partial charge in [0.25, 0.3) is 0 Å². The van der Waals surface area contributed by atoms with E-state index in [9.17, 15) is 13.2 Å². The fourth-order valence-electron chi connectivity index (χ4n) is 2.11. The molecule has 0 saturated carbocycles. The second-order valence-electron chi connectivity index (χ2n) is 4.60. The predicted molar refractivity (Wildman–Crippen MR) is 67.7 cm³/mol. The number of aromatic nitrogens is 3. The number of sulfonamides is 1. The van der Waals surface area contributed by atoms with Crippen LogP contribution in [0, 0.1) is 0 Å². The molecule has 1 N–H and O–H groups in total. The maximum absolute atomic E-state index is 11.9. The molecule has 1 amide bonds. The number of nitrogens with zero attached hydrogens (tertiary/aromatic N) is 4. The zero-order valence-electron chi connectivity index (χ0n) is 10.7. The van der Waals surface area contributed by atoms with E-state index in [2.05, 4.69) is 14.8 Å². The third-order valence-electron chi connectivity index (χ3n) is 3.05. The molecule has 0 spiro atoms. The Labute approximate surface area is 111 Å². The van der Waals surface area contributed by atoms with Crippen molar-refractivity contribution in [3.63, 3.8) is 0 Å². The van der Waals surface area contributed by atoms with Crippen molar-refractivity contribution in [2.45, 2.75) is 18.9 Å². The lowest BCUT2D eigenvalue weighted by molar-refractivity contribution is -0.131. The van der Waals surface area contributed by atoms with Gasteiger partial charge in [-0.15, -0.1) is 0 Å². The summed E-state index contributed by atoms with van der Waals surface area (Å²) in [5.74, 6) is -0.213. The summed E-state index contributed by atoms with van der Waals surface area (Å²) in [6, 6.07) is 0.110. The minimum Gasteiger partial charge on any atom is -0.339 e. The Bertz CT molecular complexity index is 527. The third-order valence-corrected chi connectivity index (χ3v) is 3.71. The molecule has 106 valence electrons. The molecule has 9 heteroatoms. The molecule has 1 aromatic rings. The fraction of sp³-hybridized carbons (Fsp3) is 0.700. The normalized spacial score (nSPS) is 20.5. The van der Waals surface area contributed by atoms with Gasteiger partial charge in [-0.05, 0) is 12.8 Å². The molecule has 1 aromatic heterocycles. The van der Waals surface area contributed by atoms with Crippen molar-refractivity contribution in [2.24, 2.45) is 0 Å². The lowest BCUT2D eigenvalue weighted by atomic mass is 10.1. The van der Waals surface area contributed by atoms with Gasteiger partial charge in [-0.1, -0.05) is 0 Å². The van der Waals surface area contributed by atoms with Crippen LogP contribution in [-0.4, -0.2) is 59.9 Å². The van der Waals surface area contributed by atoms with E-state index < -0.39 is 10.0 Å². The van der Waals surface area contributed by atoms with Crippen molar-refractivity contribution in [3.8, 4) is 0 Å². The van der Waals surface area contributed by atoms with Gasteiger partial charge in [0.2, 0.25) is 15.9 Å². The van der Waals surface area contributed by atoms with Gasteiger partial charge in [0, 0.05) is 13.1 Å². The van der Waals surface area contributed by atoms with Crippen molar-refractivity contribution < 1.29 is 13.2 Å². The maximum atomic E-state index is 11.9. The van der Waals surface area contributed by atoms with Gasteiger partial charge in [0.1, 0.15) is 12.7 Å². The van der Waals surface area contributed by atoms with Gasteiger partial charge in [0.15, 0.2) is 0 Å². The maximum Gasteiger partial charge on any atom is 0.237 e. The van der Waals surface area contributed by atoms with Crippen LogP contribution in [0.3, 0.4) is 0 Å². The topological polar surface area (TPSA) is 97.2 Å². The summed E-state index contributed by atoms with van der Waals surface area (Å²) in [5, 5.41) is 4.08. The highest BCUT2D eigenvalue weighted by molar-refractivity contribution is 7.88. The summed E-state index contributed by atoms with van der Waals surface area (Å²) >= 11 is 0. The number of likely N-dealkylation sites (tertiary alicyclic amines) is 1. The minimum atomic E-state index is -3.34. The van der Waals surface area contributed by atoms with Crippen LogP contribution in [0.15, 0.2) is 12.7 Å². The quantitative estimate of drug-likeness (QED) is 0.765. The summed E-state index contributed by atoms with van der Waals surface area (Å²) in [6.45, 7) is 0.992. The number of nitrogens with one attached hydrogen (secondary N) is 1. The second-order valence-corrected chi connectivity index (χ2v) is 6.44. The summed E-state index contributed by atoms with van der Waals surface area (Å²) in [4.78, 5) is 17.5. The molecule has 0 radical (unpaired) electrons. The fourth-order valence-corrected chi connectivity index (χ4v) is 2.49. The first-order chi connectivity index (χ1) is 8.96. The number of rotatable bonds is 4. The Morgan fingerprint density at radius 2 is 2.32 bits per heavy atom. The molecule has 0 bridgehead atoms. The summed E-state index contributed by atoms with van der Waals surface area (Å²) in [5.41, 5.74) is 0. The van der Waals surface area contributed by atoms with E-state index in [0.29, 0.717) is 13.1 Å². The van der Waals surface area contributed by atoms with Crippen LogP contribution >= 0.6 is 0 Å². The molecular weight excluding hydrogens is 270 g/mol. The van der Waals surface area contributed by atoms with Crippen LogP contribution in [0.1, 0.15) is 18.9 Å². The SMILES string of the molecule is CS(=O)(=O)NCC(=O)N1CCCC(n2cncn2)C1. The van der Waals surface area contributed by atoms with E-state index in [-0.39, 0.29) is 18.5 Å². The van der Waals surface area contributed by atoms with Gasteiger partial charge in [-0.2, -0.15) is 5.10 Å². The van der Waals surface area contributed by atoms with Gasteiger partial charge in [-0.3, -0.25) is 4.79 Å². The lowest BCUT2D eigenvalue weighted by Gasteiger charge is -2.32. The largest absolute Gasteiger partial charge is 0.339 e. The van der Waals surface area contributed by atoms with Crippen molar-refractivity contribution in [1.82, 2.24) is 24.4 Å². The Kier molecular flexibility index (Phi) is 4.15. The van der Waals surface area contributed by atoms with Crippen LogP contribution in [0.25, 0.3) is 0 Å². The molecular formula is C10H17N5O3S. The van der Waals surface area contributed by atoms with Crippen LogP contribution in [0.4, 0.5) is 0 Å². The third kappa shape index (κ3) is 4.00. The summed E-state index contributed by atoms with van der Waals surface area (Å²) in [6.07, 6.45) is 5.94. The molecule has 1 saturated heterocycles. The van der Waals surface area contributed by atoms with E-state index in [0.717, 1.165) is 19.1 Å². The van der Waals surface area contributed by atoms with Crippen LogP contribution in [0.2, 0.25) is 0 Å². The number of hydrogen-bond donors (Lipinski definition) is 1. The van der Waals surface area contributed by atoms with Gasteiger partial charge in [0.05, 0.1) is 18.8 Å². The number of hydrogen-bond acceptors (Lipinski definition) is 5. The first kappa shape index (κ1) is 13.9. The molecule has 2 rings (SSSR count). The standard InChI is InChI=1S/C10H17N5O3S/c1-19(17,18)13-5-10(16)14-4-2-3-9(6-14)15-8-11-7-12-15/h7-9,13H,2-6H2,1H3. The zero-order valence-corrected chi connectivity index (χ0v) is 11.5. The molecule has 1 atom stereocenters. The van der Waals surface area contributed by atoms with Crippen molar-refractivity contribution >= 4 is 15.9 Å². The Hall–Kier alpha value is -1.48. The predicted octanol–water partition coefficient (Wildman–Crippen LogP) is -1.01. The highest BCUT2D eigenvalue weighted by Crippen LogP contribution is 2.19. The van der Waals surface area contributed by atoms with Crippen molar-refractivity contribution in [2.75, 3.05) is 25.9 Å². The monoisotopic (exact) mass is 287 g/mol. The van der Waals surface area contributed by atoms with E-state index >= 15 is 0 Å². The number of carbonyl (C=O) groups is 1. The van der Waals surface area contributed by atoms with Gasteiger partial charge in [-0.25, -0.2) is 22.8 Å². The van der Waals surface area contributed by atoms with Crippen LogP contribution in [-0.2, 0) is 14.8 Å². The molecule has 2 heterocycles. The smallest absolute Gasteiger partial charge is 0.237 e. The second kappa shape index (κ2) is 5.66. The average molecular weight is 287 g/mol. The summed E-state index contributed by atoms with van der Waals surface area (Å²) in [7, 11) is -3.34. The first-order valence-corrected chi connectivity index (χ1v) is 7.91. The van der Waals surface area contributed by atoms with Crippen molar-refractivity contribution in [1.29, 1.82) is 0 Å². The number of carbonyl (C=O) groups excluding carboxylic acids is 1. The molecule has 8 nitrogen and oxygen atoms in total. The molecule has 0 aromatic carbocycles. The Morgan fingerprint density at radius 3 is 2.95 bits per heavy atom. The minimum absolute atomic E-state index is 0.110. The first-order valence-electron chi connectivity index (χ1n) is 6.02. The molecule has 1 aliphatic heterocycles. The van der Waals surface area contributed by atoms with Crippen LogP contribution in [0.5, 0.6) is 0 Å². The van der Waals surface area contributed by atoms with E-state index in [1.165, 1.54) is 6.33 Å². The molecule has 1 aliphatic rings. The van der Waals surface area contributed by atoms with E-state index in [1.807, 2.05) is 0 Å². The number of piperidine rings is 1. The van der Waals surface area contributed by atoms with Crippen molar-refractivity contribution in [3.05, 3.63) is 12.7 Å². The number of amides is 1. The average Bonchev–Trinajstić information content (AvgIpc) is 2.89. The zero-order chi connectivity index (χ0) is 13.9. The molecule has 19 heavy (non-hydrogen) atoms. The highest BCUT2D eigenvalue weighted by Gasteiger charge is 2.25. The van der Waals surface area contributed by atoms with E-state index in [1.54, 1.807) is 15.9 Å². The lowest BCUT2D eigenvalue weighted by Crippen LogP contribution is -2.45. The molecule has 0 aliphatic carbocycles. The molecule has 1 fully saturated rings.